The van der Waals surface area contributed by atoms with Crippen LogP contribution in [0.5, 0.6) is 0 Å². The van der Waals surface area contributed by atoms with Crippen LogP contribution in [0.2, 0.25) is 0 Å². The van der Waals surface area contributed by atoms with Crippen molar-refractivity contribution in [2.45, 2.75) is 18.8 Å². The first kappa shape index (κ1) is 22.5. The van der Waals surface area contributed by atoms with Gasteiger partial charge in [0.15, 0.2) is 0 Å². The Bertz CT molecular complexity index is 736. The Hall–Kier alpha value is -2.21. The highest BCUT2D eigenvalue weighted by atomic mass is 16.5. The fourth-order valence-corrected chi connectivity index (χ4v) is 4.94. The molecule has 2 heterocycles. The summed E-state index contributed by atoms with van der Waals surface area (Å²) >= 11 is 0. The number of hydrogen-bond acceptors (Lipinski definition) is 4. The third-order valence-corrected chi connectivity index (χ3v) is 6.42. The van der Waals surface area contributed by atoms with Crippen molar-refractivity contribution < 1.29 is 14.6 Å². The molecule has 2 aliphatic rings. The molecule has 4 rings (SSSR count). The molecule has 0 aromatic heterocycles. The van der Waals surface area contributed by atoms with E-state index in [-0.39, 0.29) is 11.8 Å². The summed E-state index contributed by atoms with van der Waals surface area (Å²) in [5.74, 6) is 0.506. The molecule has 1 unspecified atom stereocenters. The van der Waals surface area contributed by atoms with Gasteiger partial charge in [-0.3, -0.25) is 9.69 Å². The lowest BCUT2D eigenvalue weighted by Crippen LogP contribution is -2.43. The van der Waals surface area contributed by atoms with Gasteiger partial charge in [-0.15, -0.1) is 0 Å². The number of nitrogens with zero attached hydrogens (tertiary/aromatic N) is 2. The molecule has 1 amide bonds. The molecule has 5 nitrogen and oxygen atoms in total. The lowest BCUT2D eigenvalue weighted by atomic mass is 9.66. The largest absolute Gasteiger partial charge is 0.400 e. The van der Waals surface area contributed by atoms with Gasteiger partial charge in [0.2, 0.25) is 5.91 Å². The van der Waals surface area contributed by atoms with E-state index in [4.69, 9.17) is 9.84 Å². The average Bonchev–Trinajstić information content (AvgIpc) is 3.13. The molecule has 0 bridgehead atoms. The van der Waals surface area contributed by atoms with E-state index >= 15 is 0 Å². The van der Waals surface area contributed by atoms with E-state index < -0.39 is 5.41 Å². The first-order chi connectivity index (χ1) is 14.8. The molecular weight excluding hydrogens is 376 g/mol. The minimum Gasteiger partial charge on any atom is -0.400 e. The van der Waals surface area contributed by atoms with E-state index in [2.05, 4.69) is 60.4 Å². The summed E-state index contributed by atoms with van der Waals surface area (Å²) in [6.07, 6.45) is 1.01. The molecule has 1 N–H and O–H groups in total. The summed E-state index contributed by atoms with van der Waals surface area (Å²) in [5, 5.41) is 7.00. The molecule has 0 saturated carbocycles. The van der Waals surface area contributed by atoms with Gasteiger partial charge < -0.3 is 14.7 Å². The number of rotatable bonds is 6. The van der Waals surface area contributed by atoms with E-state index in [9.17, 15) is 4.79 Å². The zero-order valence-corrected chi connectivity index (χ0v) is 18.2. The second-order valence-electron chi connectivity index (χ2n) is 7.82. The zero-order valence-electron chi connectivity index (χ0n) is 18.2. The number of likely N-dealkylation sites (tertiary alicyclic amines) is 1. The normalized spacial score (nSPS) is 21.2. The van der Waals surface area contributed by atoms with E-state index in [0.717, 1.165) is 70.6 Å². The lowest BCUT2D eigenvalue weighted by Gasteiger charge is -2.36. The van der Waals surface area contributed by atoms with Crippen LogP contribution >= 0.6 is 0 Å². The molecular formula is C25H34N2O3. The number of aliphatic hydroxyl groups is 1. The maximum absolute atomic E-state index is 13.8. The number of aliphatic hydroxyl groups excluding tert-OH is 1. The van der Waals surface area contributed by atoms with Gasteiger partial charge in [-0.05, 0) is 31.0 Å². The van der Waals surface area contributed by atoms with Crippen molar-refractivity contribution in [1.29, 1.82) is 0 Å². The summed E-state index contributed by atoms with van der Waals surface area (Å²) in [5.41, 5.74) is 1.65. The Morgan fingerprint density at radius 1 is 0.967 bits per heavy atom. The van der Waals surface area contributed by atoms with Gasteiger partial charge in [0.25, 0.3) is 0 Å². The van der Waals surface area contributed by atoms with Crippen LogP contribution in [-0.4, -0.2) is 73.9 Å². The molecule has 2 aliphatic heterocycles. The van der Waals surface area contributed by atoms with Crippen LogP contribution < -0.4 is 0 Å². The summed E-state index contributed by atoms with van der Waals surface area (Å²) < 4.78 is 5.50. The molecule has 0 aliphatic carbocycles. The SMILES string of the molecule is CCN1CC(CCN2CCOCC2)C(c2ccccc2)(c2ccccc2)C1=O.CO. The summed E-state index contributed by atoms with van der Waals surface area (Å²) in [6.45, 7) is 8.28. The smallest absolute Gasteiger partial charge is 0.238 e. The van der Waals surface area contributed by atoms with Gasteiger partial charge in [-0.1, -0.05) is 60.7 Å². The van der Waals surface area contributed by atoms with E-state index in [1.807, 2.05) is 17.0 Å². The topological polar surface area (TPSA) is 53.0 Å². The number of carbonyl (C=O) groups is 1. The van der Waals surface area contributed by atoms with Crippen LogP contribution in [0.15, 0.2) is 60.7 Å². The Morgan fingerprint density at radius 3 is 2.00 bits per heavy atom. The number of hydrogen-bond donors (Lipinski definition) is 1. The molecule has 0 radical (unpaired) electrons. The Morgan fingerprint density at radius 2 is 1.50 bits per heavy atom. The van der Waals surface area contributed by atoms with Gasteiger partial charge in [0.1, 0.15) is 5.41 Å². The lowest BCUT2D eigenvalue weighted by molar-refractivity contribution is -0.131. The number of ether oxygens (including phenoxy) is 1. The van der Waals surface area contributed by atoms with Gasteiger partial charge in [-0.25, -0.2) is 0 Å². The maximum atomic E-state index is 13.8. The van der Waals surface area contributed by atoms with E-state index in [0.29, 0.717) is 0 Å². The van der Waals surface area contributed by atoms with Crippen molar-refractivity contribution in [2.24, 2.45) is 5.92 Å². The second-order valence-corrected chi connectivity index (χ2v) is 7.82. The molecule has 162 valence electrons. The number of benzene rings is 2. The summed E-state index contributed by atoms with van der Waals surface area (Å²) in [7, 11) is 1.00. The third kappa shape index (κ3) is 4.29. The average molecular weight is 411 g/mol. The molecule has 2 aromatic carbocycles. The highest BCUT2D eigenvalue weighted by Crippen LogP contribution is 2.47. The molecule has 30 heavy (non-hydrogen) atoms. The Labute approximate surface area is 180 Å². The van der Waals surface area contributed by atoms with Crippen molar-refractivity contribution in [3.63, 3.8) is 0 Å². The molecule has 5 heteroatoms. The predicted octanol–water partition coefficient (Wildman–Crippen LogP) is 2.78. The highest BCUT2D eigenvalue weighted by molar-refractivity contribution is 5.94. The van der Waals surface area contributed by atoms with Crippen LogP contribution in [0.1, 0.15) is 24.5 Å². The number of likely N-dealkylation sites (N-methyl/N-ethyl adjacent to an activating group) is 1. The predicted molar refractivity (Wildman–Crippen MR) is 119 cm³/mol. The van der Waals surface area contributed by atoms with Gasteiger partial charge in [0, 0.05) is 39.2 Å². The quantitative estimate of drug-likeness (QED) is 0.796. The Kier molecular flexibility index (Phi) is 8.02. The van der Waals surface area contributed by atoms with Crippen LogP contribution in [0.25, 0.3) is 0 Å². The van der Waals surface area contributed by atoms with E-state index in [1.165, 1.54) is 0 Å². The zero-order chi connectivity index (χ0) is 21.4. The third-order valence-electron chi connectivity index (χ3n) is 6.42. The van der Waals surface area contributed by atoms with E-state index in [1.54, 1.807) is 0 Å². The van der Waals surface area contributed by atoms with Gasteiger partial charge in [-0.2, -0.15) is 0 Å². The van der Waals surface area contributed by atoms with Crippen molar-refractivity contribution in [1.82, 2.24) is 9.80 Å². The molecule has 2 aromatic rings. The van der Waals surface area contributed by atoms with Crippen molar-refractivity contribution in [3.8, 4) is 0 Å². The first-order valence-electron chi connectivity index (χ1n) is 10.9. The number of amides is 1. The first-order valence-corrected chi connectivity index (χ1v) is 10.9. The van der Waals surface area contributed by atoms with Gasteiger partial charge in [0.05, 0.1) is 13.2 Å². The molecule has 1 atom stereocenters. The molecule has 2 saturated heterocycles. The number of morpholine rings is 1. The fourth-order valence-electron chi connectivity index (χ4n) is 4.94. The maximum Gasteiger partial charge on any atom is 0.238 e. The van der Waals surface area contributed by atoms with Crippen LogP contribution in [0.3, 0.4) is 0 Å². The highest BCUT2D eigenvalue weighted by Gasteiger charge is 2.55. The van der Waals surface area contributed by atoms with Crippen LogP contribution in [-0.2, 0) is 14.9 Å². The second kappa shape index (κ2) is 10.7. The fraction of sp³-hybridized carbons (Fsp3) is 0.480. The van der Waals surface area contributed by atoms with Crippen LogP contribution in [0.4, 0.5) is 0 Å². The monoisotopic (exact) mass is 410 g/mol. The van der Waals surface area contributed by atoms with Crippen LogP contribution in [0, 0.1) is 5.92 Å². The minimum atomic E-state index is -0.592. The summed E-state index contributed by atoms with van der Waals surface area (Å²) in [4.78, 5) is 18.3. The number of carbonyl (C=O) groups excluding carboxylic acids is 1. The molecule has 2 fully saturated rings. The van der Waals surface area contributed by atoms with Gasteiger partial charge >= 0.3 is 0 Å². The van der Waals surface area contributed by atoms with Crippen molar-refractivity contribution >= 4 is 5.91 Å². The van der Waals surface area contributed by atoms with Crippen molar-refractivity contribution in [2.75, 3.05) is 53.0 Å². The van der Waals surface area contributed by atoms with Crippen molar-refractivity contribution in [3.05, 3.63) is 71.8 Å². The Balaban J connectivity index is 0.00000124. The molecule has 0 spiro atoms. The standard InChI is InChI=1S/C24H30N2O2.CH4O/c1-2-26-19-22(13-14-25-15-17-28-18-16-25)24(23(26)27,20-9-5-3-6-10-20)21-11-7-4-8-12-21;1-2/h3-12,22H,2,13-19H2,1H3;2H,1H3. The minimum absolute atomic E-state index is 0.249. The summed E-state index contributed by atoms with van der Waals surface area (Å²) in [6, 6.07) is 20.8.